The molecule has 0 heterocycles. The number of alkyl halides is 2. The van der Waals surface area contributed by atoms with Crippen molar-refractivity contribution in [3.63, 3.8) is 0 Å². The lowest BCUT2D eigenvalue weighted by Crippen LogP contribution is -2.19. The van der Waals surface area contributed by atoms with Gasteiger partial charge in [-0.2, -0.15) is 0 Å². The van der Waals surface area contributed by atoms with E-state index in [9.17, 15) is 8.78 Å². The van der Waals surface area contributed by atoms with Gasteiger partial charge in [-0.05, 0) is 14.1 Å². The topological polar surface area (TPSA) is 3.24 Å². The minimum absolute atomic E-state index is 0.139. The molecule has 0 fully saturated rings. The summed E-state index contributed by atoms with van der Waals surface area (Å²) < 4.78 is 22.5. The van der Waals surface area contributed by atoms with E-state index in [4.69, 9.17) is 0 Å². The lowest BCUT2D eigenvalue weighted by Gasteiger charge is -2.05. The first kappa shape index (κ1) is 11.6. The first-order valence-corrected chi connectivity index (χ1v) is 3.06. The van der Waals surface area contributed by atoms with E-state index in [2.05, 4.69) is 0 Å². The highest BCUT2D eigenvalue weighted by atomic mass is 19.3. The van der Waals surface area contributed by atoms with E-state index >= 15 is 0 Å². The van der Waals surface area contributed by atoms with Crippen molar-refractivity contribution in [3.05, 3.63) is 0 Å². The van der Waals surface area contributed by atoms with Crippen molar-refractivity contribution in [2.45, 2.75) is 20.3 Å². The van der Waals surface area contributed by atoms with E-state index in [1.54, 1.807) is 14.1 Å². The van der Waals surface area contributed by atoms with E-state index in [0.29, 0.717) is 0 Å². The summed E-state index contributed by atoms with van der Waals surface area (Å²) in [6.07, 6.45) is -2.20. The summed E-state index contributed by atoms with van der Waals surface area (Å²) in [4.78, 5) is 1.45. The number of rotatable bonds is 2. The number of nitrogens with zero attached hydrogens (tertiary/aromatic N) is 1. The molecule has 0 aromatic rings. The first-order chi connectivity index (χ1) is 4.13. The van der Waals surface area contributed by atoms with Gasteiger partial charge in [0.25, 0.3) is 6.43 Å². The molecule has 0 rings (SSSR count). The van der Waals surface area contributed by atoms with Crippen LogP contribution in [0.3, 0.4) is 0 Å². The van der Waals surface area contributed by atoms with Crippen molar-refractivity contribution in [3.8, 4) is 0 Å². The minimum Gasteiger partial charge on any atom is -0.304 e. The van der Waals surface area contributed by atoms with E-state index in [1.807, 2.05) is 13.8 Å². The molecule has 1 nitrogen and oxygen atoms in total. The smallest absolute Gasteiger partial charge is 0.251 e. The Labute approximate surface area is 55.7 Å². The summed E-state index contributed by atoms with van der Waals surface area (Å²) in [5, 5.41) is 0. The summed E-state index contributed by atoms with van der Waals surface area (Å²) in [6.45, 7) is 3.86. The fourth-order valence-corrected chi connectivity index (χ4v) is 0.276. The second-order valence-electron chi connectivity index (χ2n) is 1.65. The van der Waals surface area contributed by atoms with E-state index in [1.165, 1.54) is 4.90 Å². The highest BCUT2D eigenvalue weighted by Crippen LogP contribution is 1.91. The Morgan fingerprint density at radius 1 is 1.22 bits per heavy atom. The first-order valence-electron chi connectivity index (χ1n) is 3.06. The van der Waals surface area contributed by atoms with Crippen LogP contribution in [0.1, 0.15) is 13.8 Å². The molecule has 0 aliphatic heterocycles. The van der Waals surface area contributed by atoms with Gasteiger partial charge in [0, 0.05) is 0 Å². The van der Waals surface area contributed by atoms with Crippen molar-refractivity contribution in [1.29, 1.82) is 0 Å². The van der Waals surface area contributed by atoms with Crippen LogP contribution in [0.15, 0.2) is 0 Å². The molecular formula is C6H15F2N. The quantitative estimate of drug-likeness (QED) is 0.564. The van der Waals surface area contributed by atoms with E-state index in [-0.39, 0.29) is 6.54 Å². The third kappa shape index (κ3) is 18.2. The molecule has 3 heteroatoms. The van der Waals surface area contributed by atoms with Gasteiger partial charge in [-0.1, -0.05) is 13.8 Å². The summed E-state index contributed by atoms with van der Waals surface area (Å²) >= 11 is 0. The van der Waals surface area contributed by atoms with Gasteiger partial charge >= 0.3 is 0 Å². The molecule has 0 spiro atoms. The van der Waals surface area contributed by atoms with Crippen molar-refractivity contribution in [2.24, 2.45) is 0 Å². The Balaban J connectivity index is 0. The Kier molecular flexibility index (Phi) is 10.1. The van der Waals surface area contributed by atoms with Crippen molar-refractivity contribution in [1.82, 2.24) is 4.90 Å². The molecule has 0 aliphatic rings. The summed E-state index contributed by atoms with van der Waals surface area (Å²) in [5.74, 6) is 0. The molecular weight excluding hydrogens is 124 g/mol. The third-order valence-electron chi connectivity index (χ3n) is 0.503. The lowest BCUT2D eigenvalue weighted by atomic mass is 10.6. The van der Waals surface area contributed by atoms with Crippen LogP contribution >= 0.6 is 0 Å². The van der Waals surface area contributed by atoms with Crippen molar-refractivity contribution in [2.75, 3.05) is 20.6 Å². The van der Waals surface area contributed by atoms with Gasteiger partial charge in [0.15, 0.2) is 0 Å². The summed E-state index contributed by atoms with van der Waals surface area (Å²) in [5.41, 5.74) is 0. The molecule has 0 N–H and O–H groups in total. The average molecular weight is 139 g/mol. The van der Waals surface area contributed by atoms with Crippen LogP contribution in [-0.4, -0.2) is 32.0 Å². The fourth-order valence-electron chi connectivity index (χ4n) is 0.276. The molecule has 58 valence electrons. The number of hydrogen-bond acceptors (Lipinski definition) is 1. The molecule has 0 atom stereocenters. The molecule has 0 unspecified atom stereocenters. The lowest BCUT2D eigenvalue weighted by molar-refractivity contribution is 0.111. The zero-order chi connectivity index (χ0) is 7.86. The molecule has 0 saturated heterocycles. The largest absolute Gasteiger partial charge is 0.304 e. The molecule has 9 heavy (non-hydrogen) atoms. The third-order valence-corrected chi connectivity index (χ3v) is 0.503. The molecule has 0 aromatic heterocycles. The molecule has 0 aromatic carbocycles. The second-order valence-corrected chi connectivity index (χ2v) is 1.65. The predicted molar refractivity (Wildman–Crippen MR) is 35.9 cm³/mol. The molecule has 0 amide bonds. The van der Waals surface area contributed by atoms with Crippen molar-refractivity contribution >= 4 is 0 Å². The molecule has 0 radical (unpaired) electrons. The number of halogens is 2. The highest BCUT2D eigenvalue weighted by Gasteiger charge is 2.00. The SMILES string of the molecule is CC.CN(C)CC(F)F. The van der Waals surface area contributed by atoms with Crippen LogP contribution in [0, 0.1) is 0 Å². The van der Waals surface area contributed by atoms with Crippen LogP contribution in [0.25, 0.3) is 0 Å². The standard InChI is InChI=1S/C4H9F2N.C2H6/c1-7(2)3-4(5)6;1-2/h4H,3H2,1-2H3;1-2H3. The maximum atomic E-state index is 11.2. The maximum Gasteiger partial charge on any atom is 0.251 e. The van der Waals surface area contributed by atoms with Gasteiger partial charge in [0.05, 0.1) is 6.54 Å². The van der Waals surface area contributed by atoms with Crippen LogP contribution in [-0.2, 0) is 0 Å². The van der Waals surface area contributed by atoms with Gasteiger partial charge < -0.3 is 4.90 Å². The van der Waals surface area contributed by atoms with Crippen LogP contribution < -0.4 is 0 Å². The minimum atomic E-state index is -2.20. The molecule has 0 saturated carbocycles. The zero-order valence-corrected chi connectivity index (χ0v) is 6.49. The maximum absolute atomic E-state index is 11.2. The van der Waals surface area contributed by atoms with Gasteiger partial charge in [0.1, 0.15) is 0 Å². The van der Waals surface area contributed by atoms with Crippen LogP contribution in [0.5, 0.6) is 0 Å². The predicted octanol–water partition coefficient (Wildman–Crippen LogP) is 1.84. The highest BCUT2D eigenvalue weighted by molar-refractivity contribution is 4.42. The second kappa shape index (κ2) is 7.82. The fraction of sp³-hybridized carbons (Fsp3) is 1.00. The monoisotopic (exact) mass is 139 g/mol. The Morgan fingerprint density at radius 2 is 1.56 bits per heavy atom. The normalized spacial score (nSPS) is 9.33. The zero-order valence-electron chi connectivity index (χ0n) is 6.49. The van der Waals surface area contributed by atoms with Gasteiger partial charge in [0.2, 0.25) is 0 Å². The summed E-state index contributed by atoms with van der Waals surface area (Å²) in [6, 6.07) is 0. The summed E-state index contributed by atoms with van der Waals surface area (Å²) in [7, 11) is 3.23. The van der Waals surface area contributed by atoms with Gasteiger partial charge in [-0.3, -0.25) is 0 Å². The van der Waals surface area contributed by atoms with E-state index in [0.717, 1.165) is 0 Å². The van der Waals surface area contributed by atoms with Crippen LogP contribution in [0.4, 0.5) is 8.78 Å². The number of hydrogen-bond donors (Lipinski definition) is 0. The Morgan fingerprint density at radius 3 is 1.56 bits per heavy atom. The van der Waals surface area contributed by atoms with Crippen molar-refractivity contribution < 1.29 is 8.78 Å². The molecule has 0 bridgehead atoms. The van der Waals surface area contributed by atoms with E-state index < -0.39 is 6.43 Å². The van der Waals surface area contributed by atoms with Gasteiger partial charge in [-0.25, -0.2) is 8.78 Å². The average Bonchev–Trinajstić information content (AvgIpc) is 1.68. The van der Waals surface area contributed by atoms with Crippen LogP contribution in [0.2, 0.25) is 0 Å². The van der Waals surface area contributed by atoms with Gasteiger partial charge in [-0.15, -0.1) is 0 Å². The Hall–Kier alpha value is -0.180. The Bertz CT molecular complexity index is 40.3. The molecule has 0 aliphatic carbocycles.